The van der Waals surface area contributed by atoms with Gasteiger partial charge in [-0.25, -0.2) is 4.98 Å². The Morgan fingerprint density at radius 2 is 2.07 bits per heavy atom. The number of rotatable bonds is 2. The Kier molecular flexibility index (Phi) is 2.91. The molecule has 0 saturated carbocycles. The lowest BCUT2D eigenvalue weighted by Crippen LogP contribution is -2.19. The quantitative estimate of drug-likeness (QED) is 0.804. The van der Waals surface area contributed by atoms with Crippen LogP contribution in [-0.2, 0) is 0 Å². The smallest absolute Gasteiger partial charge is 0.128 e. The normalized spacial score (nSPS) is 18.2. The van der Waals surface area contributed by atoms with Crippen molar-refractivity contribution in [3.8, 4) is 0 Å². The maximum atomic E-state index is 9.51. The molecule has 2 heterocycles. The SMILES string of the molecule is Cc1cc(N2CCCC2)ncc1C(C)O. The lowest BCUT2D eigenvalue weighted by atomic mass is 10.1. The molecule has 1 aliphatic rings. The predicted octanol–water partition coefficient (Wildman–Crippen LogP) is 2.04. The number of aromatic nitrogens is 1. The number of aliphatic hydroxyl groups is 1. The molecule has 1 fully saturated rings. The summed E-state index contributed by atoms with van der Waals surface area (Å²) in [5, 5.41) is 9.51. The van der Waals surface area contributed by atoms with Crippen molar-refractivity contribution in [2.24, 2.45) is 0 Å². The van der Waals surface area contributed by atoms with Gasteiger partial charge in [0.25, 0.3) is 0 Å². The summed E-state index contributed by atoms with van der Waals surface area (Å²) in [6, 6.07) is 2.08. The molecule has 1 atom stereocenters. The molecule has 0 aliphatic carbocycles. The molecule has 0 spiro atoms. The first-order valence-corrected chi connectivity index (χ1v) is 5.58. The van der Waals surface area contributed by atoms with Crippen molar-refractivity contribution < 1.29 is 5.11 Å². The molecule has 1 aliphatic heterocycles. The summed E-state index contributed by atoms with van der Waals surface area (Å²) >= 11 is 0. The number of hydrogen-bond donors (Lipinski definition) is 1. The largest absolute Gasteiger partial charge is 0.389 e. The molecule has 0 bridgehead atoms. The highest BCUT2D eigenvalue weighted by Gasteiger charge is 2.15. The van der Waals surface area contributed by atoms with Crippen LogP contribution in [0.1, 0.15) is 37.0 Å². The number of pyridine rings is 1. The van der Waals surface area contributed by atoms with E-state index in [1.165, 1.54) is 12.8 Å². The Balaban J connectivity index is 2.24. The van der Waals surface area contributed by atoms with Gasteiger partial charge in [-0.2, -0.15) is 0 Å². The van der Waals surface area contributed by atoms with E-state index in [0.717, 1.165) is 30.0 Å². The Morgan fingerprint density at radius 1 is 1.40 bits per heavy atom. The zero-order valence-electron chi connectivity index (χ0n) is 9.40. The fourth-order valence-electron chi connectivity index (χ4n) is 2.11. The van der Waals surface area contributed by atoms with E-state index in [1.807, 2.05) is 6.92 Å². The van der Waals surface area contributed by atoms with E-state index in [-0.39, 0.29) is 0 Å². The molecule has 2 rings (SSSR count). The molecule has 1 aromatic rings. The maximum Gasteiger partial charge on any atom is 0.128 e. The summed E-state index contributed by atoms with van der Waals surface area (Å²) < 4.78 is 0. The lowest BCUT2D eigenvalue weighted by molar-refractivity contribution is 0.198. The molecule has 3 heteroatoms. The molecule has 0 radical (unpaired) electrons. The van der Waals surface area contributed by atoms with E-state index < -0.39 is 6.10 Å². The summed E-state index contributed by atoms with van der Waals surface area (Å²) in [4.78, 5) is 6.71. The van der Waals surface area contributed by atoms with Gasteiger partial charge in [-0.3, -0.25) is 0 Å². The molecule has 1 unspecified atom stereocenters. The number of anilines is 1. The van der Waals surface area contributed by atoms with Gasteiger partial charge in [0.1, 0.15) is 5.82 Å². The minimum atomic E-state index is -0.426. The van der Waals surface area contributed by atoms with Crippen LogP contribution in [-0.4, -0.2) is 23.2 Å². The lowest BCUT2D eigenvalue weighted by Gasteiger charge is -2.18. The fourth-order valence-corrected chi connectivity index (χ4v) is 2.11. The molecular weight excluding hydrogens is 188 g/mol. The number of aryl methyl sites for hydroxylation is 1. The van der Waals surface area contributed by atoms with Crippen LogP contribution in [0.4, 0.5) is 5.82 Å². The highest BCUT2D eigenvalue weighted by molar-refractivity contribution is 5.44. The van der Waals surface area contributed by atoms with Gasteiger partial charge in [0.05, 0.1) is 6.10 Å². The zero-order valence-corrected chi connectivity index (χ0v) is 9.40. The third-order valence-electron chi connectivity index (χ3n) is 3.02. The molecule has 0 aromatic carbocycles. The van der Waals surface area contributed by atoms with Gasteiger partial charge in [-0.05, 0) is 38.3 Å². The van der Waals surface area contributed by atoms with Crippen molar-refractivity contribution in [2.45, 2.75) is 32.8 Å². The summed E-state index contributed by atoms with van der Waals surface area (Å²) in [6.45, 7) is 6.03. The predicted molar refractivity (Wildman–Crippen MR) is 61.1 cm³/mol. The van der Waals surface area contributed by atoms with Gasteiger partial charge in [0.15, 0.2) is 0 Å². The highest BCUT2D eigenvalue weighted by Crippen LogP contribution is 2.23. The van der Waals surface area contributed by atoms with Crippen LogP contribution in [0.2, 0.25) is 0 Å². The fraction of sp³-hybridized carbons (Fsp3) is 0.583. The van der Waals surface area contributed by atoms with E-state index in [2.05, 4.69) is 16.0 Å². The first kappa shape index (κ1) is 10.4. The molecule has 1 saturated heterocycles. The second kappa shape index (κ2) is 4.19. The molecular formula is C12H18N2O. The zero-order chi connectivity index (χ0) is 10.8. The minimum absolute atomic E-state index is 0.426. The molecule has 82 valence electrons. The van der Waals surface area contributed by atoms with Crippen LogP contribution in [0.5, 0.6) is 0 Å². The van der Waals surface area contributed by atoms with Crippen LogP contribution in [0.25, 0.3) is 0 Å². The Hall–Kier alpha value is -1.09. The summed E-state index contributed by atoms with van der Waals surface area (Å²) in [6.07, 6.45) is 3.90. The van der Waals surface area contributed by atoms with E-state index in [9.17, 15) is 5.11 Å². The third kappa shape index (κ3) is 2.12. The minimum Gasteiger partial charge on any atom is -0.389 e. The Bertz CT molecular complexity index is 343. The van der Waals surface area contributed by atoms with Crippen molar-refractivity contribution in [2.75, 3.05) is 18.0 Å². The average molecular weight is 206 g/mol. The van der Waals surface area contributed by atoms with Gasteiger partial charge in [-0.15, -0.1) is 0 Å². The van der Waals surface area contributed by atoms with Crippen LogP contribution >= 0.6 is 0 Å². The Labute approximate surface area is 90.8 Å². The van der Waals surface area contributed by atoms with Gasteiger partial charge in [-0.1, -0.05) is 0 Å². The van der Waals surface area contributed by atoms with E-state index >= 15 is 0 Å². The average Bonchev–Trinajstić information content (AvgIpc) is 2.69. The first-order chi connectivity index (χ1) is 7.18. The highest BCUT2D eigenvalue weighted by atomic mass is 16.3. The van der Waals surface area contributed by atoms with Crippen LogP contribution in [0.15, 0.2) is 12.3 Å². The van der Waals surface area contributed by atoms with Crippen LogP contribution in [0, 0.1) is 6.92 Å². The van der Waals surface area contributed by atoms with Gasteiger partial charge >= 0.3 is 0 Å². The number of hydrogen-bond acceptors (Lipinski definition) is 3. The molecule has 15 heavy (non-hydrogen) atoms. The van der Waals surface area contributed by atoms with Gasteiger partial charge < -0.3 is 10.0 Å². The van der Waals surface area contributed by atoms with Crippen molar-refractivity contribution >= 4 is 5.82 Å². The summed E-state index contributed by atoms with van der Waals surface area (Å²) in [7, 11) is 0. The molecule has 1 aromatic heterocycles. The summed E-state index contributed by atoms with van der Waals surface area (Å²) in [5.74, 6) is 1.05. The van der Waals surface area contributed by atoms with E-state index in [4.69, 9.17) is 0 Å². The van der Waals surface area contributed by atoms with Crippen molar-refractivity contribution in [3.05, 3.63) is 23.4 Å². The molecule has 3 nitrogen and oxygen atoms in total. The standard InChI is InChI=1S/C12H18N2O/c1-9-7-12(14-5-3-4-6-14)13-8-11(9)10(2)15/h7-8,10,15H,3-6H2,1-2H3. The summed E-state index contributed by atoms with van der Waals surface area (Å²) in [5.41, 5.74) is 2.06. The second-order valence-corrected chi connectivity index (χ2v) is 4.27. The van der Waals surface area contributed by atoms with Crippen molar-refractivity contribution in [1.82, 2.24) is 4.98 Å². The van der Waals surface area contributed by atoms with Crippen LogP contribution < -0.4 is 4.90 Å². The van der Waals surface area contributed by atoms with Gasteiger partial charge in [0.2, 0.25) is 0 Å². The van der Waals surface area contributed by atoms with E-state index in [0.29, 0.717) is 0 Å². The molecule has 0 amide bonds. The maximum absolute atomic E-state index is 9.51. The topological polar surface area (TPSA) is 36.4 Å². The molecule has 1 N–H and O–H groups in total. The first-order valence-electron chi connectivity index (χ1n) is 5.58. The third-order valence-corrected chi connectivity index (χ3v) is 3.02. The number of nitrogens with zero attached hydrogens (tertiary/aromatic N) is 2. The van der Waals surface area contributed by atoms with Crippen LogP contribution in [0.3, 0.4) is 0 Å². The van der Waals surface area contributed by atoms with Crippen molar-refractivity contribution in [3.63, 3.8) is 0 Å². The van der Waals surface area contributed by atoms with E-state index in [1.54, 1.807) is 13.1 Å². The number of aliphatic hydroxyl groups excluding tert-OH is 1. The monoisotopic (exact) mass is 206 g/mol. The van der Waals surface area contributed by atoms with Gasteiger partial charge in [0, 0.05) is 24.8 Å². The Morgan fingerprint density at radius 3 is 2.60 bits per heavy atom. The second-order valence-electron chi connectivity index (χ2n) is 4.27. The van der Waals surface area contributed by atoms with Crippen molar-refractivity contribution in [1.29, 1.82) is 0 Å².